The van der Waals surface area contributed by atoms with Crippen molar-refractivity contribution in [2.75, 3.05) is 13.7 Å². The Kier molecular flexibility index (Phi) is 4.79. The summed E-state index contributed by atoms with van der Waals surface area (Å²) in [7, 11) is 1.57. The molecule has 2 aromatic heterocycles. The molecule has 0 saturated carbocycles. The van der Waals surface area contributed by atoms with E-state index in [1.54, 1.807) is 25.3 Å². The van der Waals surface area contributed by atoms with Gasteiger partial charge in [-0.2, -0.15) is 9.50 Å². The average molecular weight is 397 g/mol. The largest absolute Gasteiger partial charge is 0.493 e. The van der Waals surface area contributed by atoms with Gasteiger partial charge < -0.3 is 9.47 Å². The van der Waals surface area contributed by atoms with E-state index in [4.69, 9.17) is 9.47 Å². The summed E-state index contributed by atoms with van der Waals surface area (Å²) < 4.78 is 25.7. The second-order valence-electron chi connectivity index (χ2n) is 5.90. The Hall–Kier alpha value is -3.26. The third-order valence-electron chi connectivity index (χ3n) is 4.07. The lowest BCUT2D eigenvalue weighted by Gasteiger charge is -2.09. The molecule has 0 aliphatic carbocycles. The molecule has 0 bridgehead atoms. The molecule has 0 aliphatic rings. The number of fused-ring (bicyclic) bond motifs is 1. The molecule has 0 spiro atoms. The Morgan fingerprint density at radius 3 is 2.64 bits per heavy atom. The molecule has 0 radical (unpaired) electrons. The van der Waals surface area contributed by atoms with Crippen molar-refractivity contribution in [3.8, 4) is 22.9 Å². The molecule has 4 rings (SSSR count). The molecule has 0 N–H and O–H groups in total. The van der Waals surface area contributed by atoms with Gasteiger partial charge in [0.2, 0.25) is 4.96 Å². The zero-order chi connectivity index (χ0) is 19.7. The fraction of sp³-hybridized carbons (Fsp3) is 0.150. The molecule has 0 amide bonds. The maximum Gasteiger partial charge on any atom is 0.291 e. The summed E-state index contributed by atoms with van der Waals surface area (Å²) in [5.74, 6) is 1.30. The minimum Gasteiger partial charge on any atom is -0.493 e. The smallest absolute Gasteiger partial charge is 0.291 e. The third-order valence-corrected chi connectivity index (χ3v) is 5.03. The quantitative estimate of drug-likeness (QED) is 0.518. The monoisotopic (exact) mass is 397 g/mol. The molecule has 2 heterocycles. The Bertz CT molecular complexity index is 1250. The predicted octanol–water partition coefficient (Wildman–Crippen LogP) is 2.91. The highest BCUT2D eigenvalue weighted by molar-refractivity contribution is 7.15. The van der Waals surface area contributed by atoms with Crippen LogP contribution in [0.25, 0.3) is 22.4 Å². The summed E-state index contributed by atoms with van der Waals surface area (Å²) in [6, 6.07) is 11.3. The number of ether oxygens (including phenoxy) is 2. The van der Waals surface area contributed by atoms with Gasteiger partial charge in [0, 0.05) is 5.56 Å². The number of hydrogen-bond donors (Lipinski definition) is 0. The van der Waals surface area contributed by atoms with Gasteiger partial charge in [0.15, 0.2) is 17.3 Å². The Morgan fingerprint density at radius 1 is 1.18 bits per heavy atom. The number of thiazole rings is 1. The first-order valence-electron chi connectivity index (χ1n) is 8.57. The highest BCUT2D eigenvalue weighted by Gasteiger charge is 2.12. The second kappa shape index (κ2) is 7.40. The van der Waals surface area contributed by atoms with E-state index < -0.39 is 0 Å². The number of halogens is 1. The molecule has 8 heteroatoms. The molecule has 6 nitrogen and oxygen atoms in total. The Balaban J connectivity index is 1.74. The standard InChI is InChI=1S/C20H16FN3O3S/c1-3-27-15-9-4-12(10-16(15)26-2)11-17-19(25)24-20(28-17)22-18(23-24)13-5-7-14(21)8-6-13/h4-11H,3H2,1-2H3/b17-11-. The van der Waals surface area contributed by atoms with Crippen molar-refractivity contribution in [1.82, 2.24) is 14.6 Å². The van der Waals surface area contributed by atoms with E-state index in [-0.39, 0.29) is 11.4 Å². The van der Waals surface area contributed by atoms with Gasteiger partial charge in [0.1, 0.15) is 5.82 Å². The molecule has 28 heavy (non-hydrogen) atoms. The molecular weight excluding hydrogens is 381 g/mol. The van der Waals surface area contributed by atoms with Crippen LogP contribution in [0.2, 0.25) is 0 Å². The summed E-state index contributed by atoms with van der Waals surface area (Å²) in [6.45, 7) is 2.44. The summed E-state index contributed by atoms with van der Waals surface area (Å²) in [5.41, 5.74) is 1.20. The Morgan fingerprint density at radius 2 is 1.96 bits per heavy atom. The highest BCUT2D eigenvalue weighted by Crippen LogP contribution is 2.28. The van der Waals surface area contributed by atoms with Crippen molar-refractivity contribution in [3.05, 3.63) is 68.7 Å². The summed E-state index contributed by atoms with van der Waals surface area (Å²) >= 11 is 1.24. The third kappa shape index (κ3) is 3.34. The Labute approximate surface area is 163 Å². The van der Waals surface area contributed by atoms with Crippen LogP contribution in [0.4, 0.5) is 4.39 Å². The van der Waals surface area contributed by atoms with Gasteiger partial charge in [-0.3, -0.25) is 4.79 Å². The van der Waals surface area contributed by atoms with E-state index in [0.717, 1.165) is 5.56 Å². The van der Waals surface area contributed by atoms with Crippen molar-refractivity contribution in [2.24, 2.45) is 0 Å². The van der Waals surface area contributed by atoms with Crippen LogP contribution in [-0.2, 0) is 0 Å². The minimum absolute atomic E-state index is 0.256. The molecule has 0 atom stereocenters. The fourth-order valence-electron chi connectivity index (χ4n) is 2.76. The van der Waals surface area contributed by atoms with Crippen molar-refractivity contribution in [2.45, 2.75) is 6.92 Å². The average Bonchev–Trinajstić information content (AvgIpc) is 3.23. The lowest BCUT2D eigenvalue weighted by atomic mass is 10.2. The summed E-state index contributed by atoms with van der Waals surface area (Å²) in [4.78, 5) is 17.6. The van der Waals surface area contributed by atoms with Gasteiger partial charge in [0.05, 0.1) is 18.2 Å². The van der Waals surface area contributed by atoms with Crippen molar-refractivity contribution >= 4 is 22.4 Å². The van der Waals surface area contributed by atoms with Crippen LogP contribution in [0.1, 0.15) is 12.5 Å². The predicted molar refractivity (Wildman–Crippen MR) is 105 cm³/mol. The van der Waals surface area contributed by atoms with Crippen molar-refractivity contribution < 1.29 is 13.9 Å². The lowest BCUT2D eigenvalue weighted by Crippen LogP contribution is -2.23. The number of hydrogen-bond acceptors (Lipinski definition) is 6. The topological polar surface area (TPSA) is 65.7 Å². The van der Waals surface area contributed by atoms with Crippen LogP contribution in [0.3, 0.4) is 0 Å². The molecule has 142 valence electrons. The molecular formula is C20H16FN3O3S. The second-order valence-corrected chi connectivity index (χ2v) is 6.90. The van der Waals surface area contributed by atoms with Crippen molar-refractivity contribution in [3.63, 3.8) is 0 Å². The summed E-state index contributed by atoms with van der Waals surface area (Å²) in [6.07, 6.45) is 1.76. The number of aromatic nitrogens is 3. The normalized spacial score (nSPS) is 11.9. The first-order chi connectivity index (χ1) is 13.6. The van der Waals surface area contributed by atoms with Gasteiger partial charge in [-0.25, -0.2) is 4.39 Å². The summed E-state index contributed by atoms with van der Waals surface area (Å²) in [5, 5.41) is 4.26. The minimum atomic E-state index is -0.336. The van der Waals surface area contributed by atoms with E-state index in [1.807, 2.05) is 25.1 Å². The van der Waals surface area contributed by atoms with Crippen LogP contribution in [0.5, 0.6) is 11.5 Å². The zero-order valence-electron chi connectivity index (χ0n) is 15.2. The number of methoxy groups -OCH3 is 1. The molecule has 0 saturated heterocycles. The van der Waals surface area contributed by atoms with Gasteiger partial charge >= 0.3 is 0 Å². The molecule has 4 aromatic rings. The molecule has 0 aliphatic heterocycles. The number of nitrogens with zero attached hydrogens (tertiary/aromatic N) is 3. The van der Waals surface area contributed by atoms with E-state index in [1.165, 1.54) is 28.0 Å². The first-order valence-corrected chi connectivity index (χ1v) is 9.38. The van der Waals surface area contributed by atoms with E-state index in [0.29, 0.717) is 39.0 Å². The molecule has 0 unspecified atom stereocenters. The molecule has 0 fully saturated rings. The van der Waals surface area contributed by atoms with Crippen LogP contribution >= 0.6 is 11.3 Å². The van der Waals surface area contributed by atoms with E-state index >= 15 is 0 Å². The van der Waals surface area contributed by atoms with E-state index in [2.05, 4.69) is 10.1 Å². The maximum atomic E-state index is 13.1. The van der Waals surface area contributed by atoms with Crippen LogP contribution in [0, 0.1) is 5.82 Å². The van der Waals surface area contributed by atoms with Crippen LogP contribution in [0.15, 0.2) is 47.3 Å². The van der Waals surface area contributed by atoms with Crippen LogP contribution in [-0.4, -0.2) is 28.3 Å². The maximum absolute atomic E-state index is 13.1. The van der Waals surface area contributed by atoms with Crippen LogP contribution < -0.4 is 19.6 Å². The lowest BCUT2D eigenvalue weighted by molar-refractivity contribution is 0.311. The fourth-order valence-corrected chi connectivity index (χ4v) is 3.66. The number of rotatable bonds is 5. The van der Waals surface area contributed by atoms with Gasteiger partial charge in [-0.05, 0) is 55.0 Å². The van der Waals surface area contributed by atoms with E-state index in [9.17, 15) is 9.18 Å². The zero-order valence-corrected chi connectivity index (χ0v) is 16.0. The number of benzene rings is 2. The first kappa shape index (κ1) is 18.1. The van der Waals surface area contributed by atoms with Gasteiger partial charge in [-0.15, -0.1) is 5.10 Å². The van der Waals surface area contributed by atoms with Gasteiger partial charge in [-0.1, -0.05) is 17.4 Å². The molecule has 2 aromatic carbocycles. The van der Waals surface area contributed by atoms with Gasteiger partial charge in [0.25, 0.3) is 5.56 Å². The van der Waals surface area contributed by atoms with Crippen molar-refractivity contribution in [1.29, 1.82) is 0 Å². The SMILES string of the molecule is CCOc1ccc(/C=c2\sc3nc(-c4ccc(F)cc4)nn3c2=O)cc1OC. The highest BCUT2D eigenvalue weighted by atomic mass is 32.1.